The molecule has 0 bridgehead atoms. The molecule has 1 N–H and O–H groups in total. The van der Waals surface area contributed by atoms with Crippen LogP contribution in [0.25, 0.3) is 0 Å². The van der Waals surface area contributed by atoms with Crippen molar-refractivity contribution in [3.05, 3.63) is 11.7 Å². The monoisotopic (exact) mass is 366 g/mol. The third kappa shape index (κ3) is 5.41. The van der Waals surface area contributed by atoms with Gasteiger partial charge in [0.25, 0.3) is 0 Å². The van der Waals surface area contributed by atoms with Crippen molar-refractivity contribution in [3.8, 4) is 0 Å². The molecule has 0 atom stereocenters. The molecule has 2 fully saturated rings. The number of carbonyl (C=O) groups is 1. The van der Waals surface area contributed by atoms with E-state index in [0.717, 1.165) is 32.7 Å². The van der Waals surface area contributed by atoms with Crippen LogP contribution in [0.3, 0.4) is 0 Å². The standard InChI is InChI=1S/C18H30N4O4/c1-13(2)9-19-18(23)22-10-15(11-22)17-20-16(21-26-17)5-8-25-12-14-3-6-24-7-4-14/h13-15H,3-12H2,1-2H3,(H,19,23). The largest absolute Gasteiger partial charge is 0.381 e. The molecule has 8 heteroatoms. The molecule has 0 saturated carbocycles. The second-order valence-corrected chi connectivity index (χ2v) is 7.61. The number of ether oxygens (including phenoxy) is 2. The Balaban J connectivity index is 1.32. The molecule has 3 heterocycles. The van der Waals surface area contributed by atoms with Crippen LogP contribution in [0.5, 0.6) is 0 Å². The fourth-order valence-corrected chi connectivity index (χ4v) is 3.07. The van der Waals surface area contributed by atoms with Crippen LogP contribution >= 0.6 is 0 Å². The Kier molecular flexibility index (Phi) is 6.85. The van der Waals surface area contributed by atoms with Crippen LogP contribution in [-0.2, 0) is 15.9 Å². The number of amides is 2. The van der Waals surface area contributed by atoms with Crippen molar-refractivity contribution in [3.63, 3.8) is 0 Å². The van der Waals surface area contributed by atoms with E-state index in [9.17, 15) is 4.79 Å². The molecule has 146 valence electrons. The van der Waals surface area contributed by atoms with Gasteiger partial charge in [-0.3, -0.25) is 0 Å². The summed E-state index contributed by atoms with van der Waals surface area (Å²) < 4.78 is 16.4. The SMILES string of the molecule is CC(C)CNC(=O)N1CC(c2nc(CCOCC3CCOCC3)no2)C1. The normalized spacial score (nSPS) is 19.0. The topological polar surface area (TPSA) is 89.7 Å². The van der Waals surface area contributed by atoms with Crippen molar-refractivity contribution in [2.24, 2.45) is 11.8 Å². The lowest BCUT2D eigenvalue weighted by Crippen LogP contribution is -2.53. The maximum Gasteiger partial charge on any atom is 0.317 e. The van der Waals surface area contributed by atoms with Gasteiger partial charge in [0.15, 0.2) is 5.82 Å². The van der Waals surface area contributed by atoms with Crippen molar-refractivity contribution in [1.29, 1.82) is 0 Å². The minimum atomic E-state index is -0.0174. The van der Waals surface area contributed by atoms with Gasteiger partial charge in [0.2, 0.25) is 5.89 Å². The molecule has 1 aromatic rings. The predicted molar refractivity (Wildman–Crippen MR) is 94.9 cm³/mol. The minimum absolute atomic E-state index is 0.0174. The lowest BCUT2D eigenvalue weighted by molar-refractivity contribution is 0.0211. The Bertz CT molecular complexity index is 565. The van der Waals surface area contributed by atoms with Gasteiger partial charge in [0.1, 0.15) is 0 Å². The van der Waals surface area contributed by atoms with Gasteiger partial charge in [-0.15, -0.1) is 0 Å². The Morgan fingerprint density at radius 2 is 2.12 bits per heavy atom. The van der Waals surface area contributed by atoms with E-state index in [2.05, 4.69) is 29.3 Å². The zero-order valence-corrected chi connectivity index (χ0v) is 15.8. The van der Waals surface area contributed by atoms with Crippen molar-refractivity contribution < 1.29 is 18.8 Å². The molecule has 2 saturated heterocycles. The van der Waals surface area contributed by atoms with E-state index in [-0.39, 0.29) is 11.9 Å². The number of aromatic nitrogens is 2. The van der Waals surface area contributed by atoms with Gasteiger partial charge in [0.05, 0.1) is 12.5 Å². The summed E-state index contributed by atoms with van der Waals surface area (Å²) in [4.78, 5) is 18.2. The second-order valence-electron chi connectivity index (χ2n) is 7.61. The van der Waals surface area contributed by atoms with Gasteiger partial charge in [-0.05, 0) is 24.7 Å². The molecule has 1 aromatic heterocycles. The Labute approximate surface area is 154 Å². The zero-order chi connectivity index (χ0) is 18.4. The molecule has 0 unspecified atom stereocenters. The third-order valence-electron chi connectivity index (χ3n) is 4.83. The number of hydrogen-bond acceptors (Lipinski definition) is 6. The van der Waals surface area contributed by atoms with Crippen LogP contribution < -0.4 is 5.32 Å². The van der Waals surface area contributed by atoms with Crippen LogP contribution in [-0.4, -0.2) is 67.1 Å². The molecule has 0 aliphatic carbocycles. The zero-order valence-electron chi connectivity index (χ0n) is 15.8. The summed E-state index contributed by atoms with van der Waals surface area (Å²) in [5.74, 6) is 2.49. The van der Waals surface area contributed by atoms with Gasteiger partial charge in [0, 0.05) is 45.9 Å². The van der Waals surface area contributed by atoms with Crippen molar-refractivity contribution in [2.45, 2.75) is 39.0 Å². The molecule has 0 aromatic carbocycles. The van der Waals surface area contributed by atoms with Crippen LogP contribution in [0.4, 0.5) is 4.79 Å². The van der Waals surface area contributed by atoms with Gasteiger partial charge in [-0.1, -0.05) is 19.0 Å². The van der Waals surface area contributed by atoms with E-state index in [4.69, 9.17) is 14.0 Å². The van der Waals surface area contributed by atoms with E-state index in [1.54, 1.807) is 4.90 Å². The number of carbonyl (C=O) groups excluding carboxylic acids is 1. The Morgan fingerprint density at radius 3 is 2.85 bits per heavy atom. The van der Waals surface area contributed by atoms with Crippen molar-refractivity contribution in [1.82, 2.24) is 20.4 Å². The highest BCUT2D eigenvalue weighted by molar-refractivity contribution is 5.75. The first-order valence-electron chi connectivity index (χ1n) is 9.62. The molecular formula is C18H30N4O4. The fraction of sp³-hybridized carbons (Fsp3) is 0.833. The summed E-state index contributed by atoms with van der Waals surface area (Å²) in [6.07, 6.45) is 2.81. The number of rotatable bonds is 8. The van der Waals surface area contributed by atoms with Crippen molar-refractivity contribution in [2.75, 3.05) is 46.1 Å². The van der Waals surface area contributed by atoms with E-state index >= 15 is 0 Å². The molecule has 0 spiro atoms. The van der Waals surface area contributed by atoms with E-state index in [1.165, 1.54) is 0 Å². The third-order valence-corrected chi connectivity index (χ3v) is 4.83. The van der Waals surface area contributed by atoms with Crippen LogP contribution in [0.2, 0.25) is 0 Å². The first-order chi connectivity index (χ1) is 12.6. The lowest BCUT2D eigenvalue weighted by atomic mass is 10.0. The van der Waals surface area contributed by atoms with Crippen LogP contribution in [0.1, 0.15) is 44.3 Å². The van der Waals surface area contributed by atoms with Crippen molar-refractivity contribution >= 4 is 6.03 Å². The second kappa shape index (κ2) is 9.32. The summed E-state index contributed by atoms with van der Waals surface area (Å²) in [5.41, 5.74) is 0. The summed E-state index contributed by atoms with van der Waals surface area (Å²) >= 11 is 0. The lowest BCUT2D eigenvalue weighted by Gasteiger charge is -2.37. The predicted octanol–water partition coefficient (Wildman–Crippen LogP) is 1.82. The fourth-order valence-electron chi connectivity index (χ4n) is 3.07. The minimum Gasteiger partial charge on any atom is -0.381 e. The number of likely N-dealkylation sites (tertiary alicyclic amines) is 1. The molecule has 2 amide bonds. The summed E-state index contributed by atoms with van der Waals surface area (Å²) in [7, 11) is 0. The van der Waals surface area contributed by atoms with Gasteiger partial charge in [-0.2, -0.15) is 4.98 Å². The first-order valence-corrected chi connectivity index (χ1v) is 9.62. The van der Waals surface area contributed by atoms with Crippen LogP contribution in [0, 0.1) is 11.8 Å². The first kappa shape index (κ1) is 19.1. The average molecular weight is 366 g/mol. The highest BCUT2D eigenvalue weighted by Gasteiger charge is 2.35. The highest BCUT2D eigenvalue weighted by atomic mass is 16.5. The van der Waals surface area contributed by atoms with E-state index in [0.29, 0.717) is 56.2 Å². The van der Waals surface area contributed by atoms with Gasteiger partial charge in [-0.25, -0.2) is 4.79 Å². The number of hydrogen-bond donors (Lipinski definition) is 1. The molecule has 0 radical (unpaired) electrons. The molecule has 26 heavy (non-hydrogen) atoms. The number of nitrogens with one attached hydrogen (secondary N) is 1. The highest BCUT2D eigenvalue weighted by Crippen LogP contribution is 2.25. The quantitative estimate of drug-likeness (QED) is 0.706. The number of urea groups is 1. The van der Waals surface area contributed by atoms with Crippen LogP contribution in [0.15, 0.2) is 4.52 Å². The molecule has 2 aliphatic heterocycles. The van der Waals surface area contributed by atoms with Gasteiger partial charge >= 0.3 is 6.03 Å². The summed E-state index contributed by atoms with van der Waals surface area (Å²) in [6, 6.07) is -0.0174. The Morgan fingerprint density at radius 1 is 1.35 bits per heavy atom. The average Bonchev–Trinajstić information content (AvgIpc) is 3.05. The summed E-state index contributed by atoms with van der Waals surface area (Å²) in [6.45, 7) is 9.17. The maximum atomic E-state index is 11.9. The molecule has 2 aliphatic rings. The maximum absolute atomic E-state index is 11.9. The van der Waals surface area contributed by atoms with E-state index in [1.807, 2.05) is 0 Å². The molecule has 3 rings (SSSR count). The molecule has 8 nitrogen and oxygen atoms in total. The Hall–Kier alpha value is -1.67. The number of nitrogens with zero attached hydrogens (tertiary/aromatic N) is 3. The van der Waals surface area contributed by atoms with E-state index < -0.39 is 0 Å². The smallest absolute Gasteiger partial charge is 0.317 e. The molecular weight excluding hydrogens is 336 g/mol. The van der Waals surface area contributed by atoms with Gasteiger partial charge < -0.3 is 24.2 Å². The summed E-state index contributed by atoms with van der Waals surface area (Å²) in [5, 5.41) is 6.95.